The van der Waals surface area contributed by atoms with Gasteiger partial charge in [0.15, 0.2) is 0 Å². The van der Waals surface area contributed by atoms with Crippen LogP contribution in [0, 0.1) is 0 Å². The number of thiophene rings is 1. The van der Waals surface area contributed by atoms with Crippen molar-refractivity contribution in [3.05, 3.63) is 87.9 Å². The summed E-state index contributed by atoms with van der Waals surface area (Å²) in [7, 11) is 1.96. The van der Waals surface area contributed by atoms with E-state index in [-0.39, 0.29) is 11.8 Å². The second-order valence-corrected chi connectivity index (χ2v) is 8.18. The second kappa shape index (κ2) is 8.51. The van der Waals surface area contributed by atoms with Crippen molar-refractivity contribution in [2.75, 3.05) is 0 Å². The number of hydrogen-bond donors (Lipinski definition) is 2. The highest BCUT2D eigenvalue weighted by atomic mass is 32.1. The number of hydrogen-bond acceptors (Lipinski definition) is 4. The maximum absolute atomic E-state index is 13.1. The van der Waals surface area contributed by atoms with Gasteiger partial charge in [0.1, 0.15) is 11.9 Å². The highest BCUT2D eigenvalue weighted by molar-refractivity contribution is 7.14. The summed E-state index contributed by atoms with van der Waals surface area (Å²) in [6, 6.07) is 21.0. The van der Waals surface area contributed by atoms with Crippen molar-refractivity contribution in [3.8, 4) is 0 Å². The number of carbonyl (C=O) groups excluding carboxylic acids is 2. The summed E-state index contributed by atoms with van der Waals surface area (Å²) in [4.78, 5) is 30.5. The number of aryl methyl sites for hydroxylation is 1. The Labute approximate surface area is 178 Å². The molecule has 0 radical (unpaired) electrons. The lowest BCUT2D eigenvalue weighted by Crippen LogP contribution is -2.30. The molecule has 7 heteroatoms. The molecule has 0 aliphatic rings. The lowest BCUT2D eigenvalue weighted by atomic mass is 10.1. The van der Waals surface area contributed by atoms with Gasteiger partial charge in [-0.15, -0.1) is 11.3 Å². The summed E-state index contributed by atoms with van der Waals surface area (Å²) < 4.78 is 2.02. The first-order valence-electron chi connectivity index (χ1n) is 9.63. The van der Waals surface area contributed by atoms with E-state index >= 15 is 0 Å². The SMILES string of the molecule is CC(=O)NCc1ccc(C(=O)NC(c2ccccc2)c2nc3ccccc3n2C)s1. The molecule has 2 amide bonds. The zero-order valence-electron chi connectivity index (χ0n) is 16.8. The van der Waals surface area contributed by atoms with Gasteiger partial charge in [-0.2, -0.15) is 0 Å². The minimum Gasteiger partial charge on any atom is -0.351 e. The maximum atomic E-state index is 13.1. The lowest BCUT2D eigenvalue weighted by Gasteiger charge is -2.19. The van der Waals surface area contributed by atoms with Crippen LogP contribution in [0.4, 0.5) is 0 Å². The van der Waals surface area contributed by atoms with E-state index in [1.807, 2.05) is 72.3 Å². The Morgan fingerprint density at radius 1 is 1.03 bits per heavy atom. The minimum atomic E-state index is -0.392. The highest BCUT2D eigenvalue weighted by Gasteiger charge is 2.23. The van der Waals surface area contributed by atoms with Gasteiger partial charge in [-0.1, -0.05) is 42.5 Å². The average Bonchev–Trinajstić information content (AvgIpc) is 3.36. The smallest absolute Gasteiger partial charge is 0.262 e. The molecule has 1 unspecified atom stereocenters. The molecule has 2 heterocycles. The molecule has 152 valence electrons. The number of carbonyl (C=O) groups is 2. The molecule has 0 saturated heterocycles. The van der Waals surface area contributed by atoms with Crippen LogP contribution in [0.1, 0.15) is 38.9 Å². The third-order valence-corrected chi connectivity index (χ3v) is 5.97. The van der Waals surface area contributed by atoms with Gasteiger partial charge in [0.05, 0.1) is 22.5 Å². The van der Waals surface area contributed by atoms with Gasteiger partial charge in [-0.05, 0) is 29.8 Å². The quantitative estimate of drug-likeness (QED) is 0.500. The number of nitrogens with one attached hydrogen (secondary N) is 2. The Hall–Kier alpha value is -3.45. The Bertz CT molecular complexity index is 1200. The molecular formula is C23H22N4O2S. The van der Waals surface area contributed by atoms with Crippen LogP contribution < -0.4 is 10.6 Å². The summed E-state index contributed by atoms with van der Waals surface area (Å²) in [6.45, 7) is 1.89. The van der Waals surface area contributed by atoms with Gasteiger partial charge < -0.3 is 15.2 Å². The van der Waals surface area contributed by atoms with Gasteiger partial charge in [0.25, 0.3) is 5.91 Å². The van der Waals surface area contributed by atoms with Gasteiger partial charge in [-0.3, -0.25) is 9.59 Å². The van der Waals surface area contributed by atoms with E-state index in [0.717, 1.165) is 27.3 Å². The number of amides is 2. The number of rotatable bonds is 6. The molecule has 0 saturated carbocycles. The van der Waals surface area contributed by atoms with Crippen LogP contribution in [0.5, 0.6) is 0 Å². The molecule has 2 aromatic heterocycles. The zero-order chi connectivity index (χ0) is 21.1. The number of para-hydroxylation sites is 2. The largest absolute Gasteiger partial charge is 0.351 e. The predicted octanol–water partition coefficient (Wildman–Crippen LogP) is 3.79. The van der Waals surface area contributed by atoms with E-state index in [0.29, 0.717) is 11.4 Å². The van der Waals surface area contributed by atoms with Gasteiger partial charge in [0, 0.05) is 18.8 Å². The number of fused-ring (bicyclic) bond motifs is 1. The number of aromatic nitrogens is 2. The topological polar surface area (TPSA) is 76.0 Å². The first-order valence-corrected chi connectivity index (χ1v) is 10.4. The van der Waals surface area contributed by atoms with Crippen molar-refractivity contribution in [3.63, 3.8) is 0 Å². The Morgan fingerprint density at radius 2 is 1.77 bits per heavy atom. The second-order valence-electron chi connectivity index (χ2n) is 7.01. The molecule has 0 aliphatic heterocycles. The molecule has 6 nitrogen and oxygen atoms in total. The standard InChI is InChI=1S/C23H22N4O2S/c1-15(28)24-14-17-12-13-20(30-17)23(29)26-21(16-8-4-3-5-9-16)22-25-18-10-6-7-11-19(18)27(22)2/h3-13,21H,14H2,1-2H3,(H,24,28)(H,26,29). The number of benzene rings is 2. The zero-order valence-corrected chi connectivity index (χ0v) is 17.6. The van der Waals surface area contributed by atoms with Crippen molar-refractivity contribution in [2.24, 2.45) is 7.05 Å². The van der Waals surface area contributed by atoms with Gasteiger partial charge in [0.2, 0.25) is 5.91 Å². The van der Waals surface area contributed by atoms with Crippen LogP contribution in [0.2, 0.25) is 0 Å². The van der Waals surface area contributed by atoms with Crippen LogP contribution in [-0.2, 0) is 18.4 Å². The fraction of sp³-hybridized carbons (Fsp3) is 0.174. The third-order valence-electron chi connectivity index (χ3n) is 4.89. The molecule has 0 fully saturated rings. The van der Waals surface area contributed by atoms with E-state index in [4.69, 9.17) is 4.98 Å². The Morgan fingerprint density at radius 3 is 2.50 bits per heavy atom. The fourth-order valence-electron chi connectivity index (χ4n) is 3.37. The van der Waals surface area contributed by atoms with E-state index in [2.05, 4.69) is 10.6 Å². The fourth-order valence-corrected chi connectivity index (χ4v) is 4.22. The molecule has 0 spiro atoms. The van der Waals surface area contributed by atoms with Crippen LogP contribution in [0.15, 0.2) is 66.7 Å². The van der Waals surface area contributed by atoms with Crippen LogP contribution in [0.3, 0.4) is 0 Å². The molecule has 2 aromatic carbocycles. The average molecular weight is 419 g/mol. The first kappa shape index (κ1) is 19.8. The van der Waals surface area contributed by atoms with Crippen molar-refractivity contribution in [1.82, 2.24) is 20.2 Å². The first-order chi connectivity index (χ1) is 14.5. The van der Waals surface area contributed by atoms with Crippen LogP contribution in [0.25, 0.3) is 11.0 Å². The summed E-state index contributed by atoms with van der Waals surface area (Å²) >= 11 is 1.37. The highest BCUT2D eigenvalue weighted by Crippen LogP contribution is 2.26. The van der Waals surface area contributed by atoms with Crippen LogP contribution in [-0.4, -0.2) is 21.4 Å². The molecule has 4 aromatic rings. The number of nitrogens with zero attached hydrogens (tertiary/aromatic N) is 2. The molecule has 0 aliphatic carbocycles. The normalized spacial score (nSPS) is 11.9. The maximum Gasteiger partial charge on any atom is 0.262 e. The summed E-state index contributed by atoms with van der Waals surface area (Å²) in [5.41, 5.74) is 2.86. The Kier molecular flexibility index (Phi) is 5.63. The molecular weight excluding hydrogens is 396 g/mol. The van der Waals surface area contributed by atoms with E-state index < -0.39 is 6.04 Å². The molecule has 2 N–H and O–H groups in total. The van der Waals surface area contributed by atoms with Crippen LogP contribution >= 0.6 is 11.3 Å². The van der Waals surface area contributed by atoms with Crippen molar-refractivity contribution in [1.29, 1.82) is 0 Å². The predicted molar refractivity (Wildman–Crippen MR) is 118 cm³/mol. The number of imidazole rings is 1. The summed E-state index contributed by atoms with van der Waals surface area (Å²) in [5, 5.41) is 5.90. The van der Waals surface area contributed by atoms with Gasteiger partial charge in [-0.25, -0.2) is 4.98 Å². The molecule has 30 heavy (non-hydrogen) atoms. The summed E-state index contributed by atoms with van der Waals surface area (Å²) in [5.74, 6) is 0.501. The monoisotopic (exact) mass is 418 g/mol. The van der Waals surface area contributed by atoms with Crippen molar-refractivity contribution in [2.45, 2.75) is 19.5 Å². The van der Waals surface area contributed by atoms with E-state index in [9.17, 15) is 9.59 Å². The third kappa shape index (κ3) is 4.11. The lowest BCUT2D eigenvalue weighted by molar-refractivity contribution is -0.119. The molecule has 4 rings (SSSR count). The van der Waals surface area contributed by atoms with Gasteiger partial charge >= 0.3 is 0 Å². The van der Waals surface area contributed by atoms with E-state index in [1.165, 1.54) is 18.3 Å². The molecule has 0 bridgehead atoms. The van der Waals surface area contributed by atoms with E-state index in [1.54, 1.807) is 6.07 Å². The molecule has 1 atom stereocenters. The van der Waals surface area contributed by atoms with Crippen molar-refractivity contribution >= 4 is 34.2 Å². The summed E-state index contributed by atoms with van der Waals surface area (Å²) in [6.07, 6.45) is 0. The van der Waals surface area contributed by atoms with Crippen molar-refractivity contribution < 1.29 is 9.59 Å². The minimum absolute atomic E-state index is 0.0969. The Balaban J connectivity index is 1.65.